The first-order valence-electron chi connectivity index (χ1n) is 9.97. The summed E-state index contributed by atoms with van der Waals surface area (Å²) in [6.07, 6.45) is 14.9. The highest BCUT2D eigenvalue weighted by Gasteiger charge is 2.26. The lowest BCUT2D eigenvalue weighted by Gasteiger charge is -2.21. The minimum absolute atomic E-state index is 0.0225. The molecule has 0 aromatic carbocycles. The summed E-state index contributed by atoms with van der Waals surface area (Å²) in [6.45, 7) is 0.689. The standard InChI is InChI=1S/C20H30N2O3/c23-18-11-6-10-16(18)13-19-22-17(14-25-19)20(24)21-12-5-4-9-15-7-2-1-3-8-15/h14-16H,1-13H2,(H,21,24). The van der Waals surface area contributed by atoms with E-state index in [2.05, 4.69) is 10.3 Å². The predicted molar refractivity (Wildman–Crippen MR) is 95.3 cm³/mol. The molecule has 5 heteroatoms. The van der Waals surface area contributed by atoms with Gasteiger partial charge in [-0.3, -0.25) is 9.59 Å². The average Bonchev–Trinajstić information content (AvgIpc) is 3.25. The number of unbranched alkanes of at least 4 members (excludes halogenated alkanes) is 1. The van der Waals surface area contributed by atoms with Gasteiger partial charge in [0.1, 0.15) is 12.0 Å². The lowest BCUT2D eigenvalue weighted by atomic mass is 9.86. The van der Waals surface area contributed by atoms with Crippen LogP contribution in [0.15, 0.2) is 10.7 Å². The molecule has 2 fully saturated rings. The summed E-state index contributed by atoms with van der Waals surface area (Å²) in [5.41, 5.74) is 0.327. The molecule has 1 amide bonds. The molecular formula is C20H30N2O3. The number of rotatable bonds is 8. The van der Waals surface area contributed by atoms with Gasteiger partial charge >= 0.3 is 0 Å². The number of Topliss-reactive ketones (excluding diaryl/α,β-unsaturated/α-hetero) is 1. The minimum Gasteiger partial charge on any atom is -0.448 e. The molecule has 1 N–H and O–H groups in total. The van der Waals surface area contributed by atoms with Gasteiger partial charge in [0.05, 0.1) is 0 Å². The number of carbonyl (C=O) groups excluding carboxylic acids is 2. The van der Waals surface area contributed by atoms with Crippen LogP contribution in [0.25, 0.3) is 0 Å². The fraction of sp³-hybridized carbons (Fsp3) is 0.750. The normalized spacial score (nSPS) is 21.6. The Bertz CT molecular complexity index is 575. The zero-order valence-corrected chi connectivity index (χ0v) is 15.1. The van der Waals surface area contributed by atoms with Crippen LogP contribution in [0, 0.1) is 11.8 Å². The quantitative estimate of drug-likeness (QED) is 0.720. The molecule has 1 aromatic heterocycles. The van der Waals surface area contributed by atoms with Crippen LogP contribution in [0.4, 0.5) is 0 Å². The summed E-state index contributed by atoms with van der Waals surface area (Å²) >= 11 is 0. The van der Waals surface area contributed by atoms with E-state index in [0.717, 1.165) is 25.2 Å². The van der Waals surface area contributed by atoms with Crippen LogP contribution in [0.3, 0.4) is 0 Å². The number of ketones is 1. The summed E-state index contributed by atoms with van der Waals surface area (Å²) in [6, 6.07) is 0. The van der Waals surface area contributed by atoms with Gasteiger partial charge in [-0.2, -0.15) is 0 Å². The Balaban J connectivity index is 1.33. The largest absolute Gasteiger partial charge is 0.448 e. The SMILES string of the molecule is O=C(NCCCCC1CCCCC1)c1coc(CC2CCCC2=O)n1. The van der Waals surface area contributed by atoms with Gasteiger partial charge in [0, 0.05) is 25.3 Å². The molecule has 0 bridgehead atoms. The Labute approximate surface area is 150 Å². The number of nitrogens with zero attached hydrogens (tertiary/aromatic N) is 1. The second-order valence-corrected chi connectivity index (χ2v) is 7.64. The molecule has 1 atom stereocenters. The van der Waals surface area contributed by atoms with Crippen molar-refractivity contribution in [2.75, 3.05) is 6.54 Å². The molecule has 0 spiro atoms. The van der Waals surface area contributed by atoms with Crippen LogP contribution < -0.4 is 5.32 Å². The topological polar surface area (TPSA) is 72.2 Å². The highest BCUT2D eigenvalue weighted by atomic mass is 16.3. The molecular weight excluding hydrogens is 316 g/mol. The summed E-state index contributed by atoms with van der Waals surface area (Å²) < 4.78 is 5.38. The maximum absolute atomic E-state index is 12.1. The van der Waals surface area contributed by atoms with Crippen molar-refractivity contribution in [2.24, 2.45) is 11.8 Å². The zero-order chi connectivity index (χ0) is 17.5. The maximum atomic E-state index is 12.1. The molecule has 1 aromatic rings. The number of nitrogens with one attached hydrogen (secondary N) is 1. The first-order chi connectivity index (χ1) is 12.2. The van der Waals surface area contributed by atoms with E-state index in [9.17, 15) is 9.59 Å². The summed E-state index contributed by atoms with van der Waals surface area (Å²) in [7, 11) is 0. The van der Waals surface area contributed by atoms with E-state index in [1.54, 1.807) is 0 Å². The van der Waals surface area contributed by atoms with Crippen molar-refractivity contribution in [3.63, 3.8) is 0 Å². The van der Waals surface area contributed by atoms with Gasteiger partial charge in [-0.25, -0.2) is 4.98 Å². The van der Waals surface area contributed by atoms with Gasteiger partial charge < -0.3 is 9.73 Å². The molecule has 2 saturated carbocycles. The Kier molecular flexibility index (Phi) is 6.65. The molecule has 5 nitrogen and oxygen atoms in total. The van der Waals surface area contributed by atoms with E-state index in [1.165, 1.54) is 51.2 Å². The van der Waals surface area contributed by atoms with E-state index >= 15 is 0 Å². The Morgan fingerprint density at radius 2 is 2.00 bits per heavy atom. The minimum atomic E-state index is -0.176. The maximum Gasteiger partial charge on any atom is 0.273 e. The molecule has 2 aliphatic rings. The number of aromatic nitrogens is 1. The van der Waals surface area contributed by atoms with E-state index in [1.807, 2.05) is 0 Å². The lowest BCUT2D eigenvalue weighted by molar-refractivity contribution is -0.120. The van der Waals surface area contributed by atoms with Gasteiger partial charge in [-0.05, 0) is 25.2 Å². The summed E-state index contributed by atoms with van der Waals surface area (Å²) in [4.78, 5) is 28.1. The molecule has 138 valence electrons. The number of oxazole rings is 1. The van der Waals surface area contributed by atoms with E-state index < -0.39 is 0 Å². The van der Waals surface area contributed by atoms with Crippen molar-refractivity contribution >= 4 is 11.7 Å². The Hall–Kier alpha value is -1.65. The monoisotopic (exact) mass is 346 g/mol. The third-order valence-electron chi connectivity index (χ3n) is 5.69. The average molecular weight is 346 g/mol. The fourth-order valence-corrected chi connectivity index (χ4v) is 4.15. The molecule has 1 unspecified atom stereocenters. The zero-order valence-electron chi connectivity index (χ0n) is 15.1. The van der Waals surface area contributed by atoms with E-state index in [4.69, 9.17) is 4.42 Å². The molecule has 0 saturated heterocycles. The molecule has 0 aliphatic heterocycles. The highest BCUT2D eigenvalue weighted by molar-refractivity contribution is 5.91. The third kappa shape index (κ3) is 5.41. The van der Waals surface area contributed by atoms with Gasteiger partial charge in [0.25, 0.3) is 5.91 Å². The molecule has 25 heavy (non-hydrogen) atoms. The molecule has 0 radical (unpaired) electrons. The second kappa shape index (κ2) is 9.16. The van der Waals surface area contributed by atoms with Crippen LogP contribution >= 0.6 is 0 Å². The van der Waals surface area contributed by atoms with Crippen molar-refractivity contribution in [1.82, 2.24) is 10.3 Å². The number of hydrogen-bond donors (Lipinski definition) is 1. The van der Waals surface area contributed by atoms with Crippen LogP contribution in [0.5, 0.6) is 0 Å². The molecule has 3 rings (SSSR count). The van der Waals surface area contributed by atoms with Crippen LogP contribution in [0.1, 0.15) is 87.0 Å². The number of amides is 1. The fourth-order valence-electron chi connectivity index (χ4n) is 4.15. The van der Waals surface area contributed by atoms with Crippen LogP contribution in [0.2, 0.25) is 0 Å². The first-order valence-corrected chi connectivity index (χ1v) is 9.97. The van der Waals surface area contributed by atoms with Gasteiger partial charge in [-0.1, -0.05) is 44.9 Å². The van der Waals surface area contributed by atoms with Crippen molar-refractivity contribution < 1.29 is 14.0 Å². The number of carbonyl (C=O) groups is 2. The van der Waals surface area contributed by atoms with Crippen molar-refractivity contribution in [2.45, 2.75) is 77.0 Å². The first kappa shape index (κ1) is 18.2. The van der Waals surface area contributed by atoms with Crippen molar-refractivity contribution in [3.05, 3.63) is 17.8 Å². The van der Waals surface area contributed by atoms with E-state index in [-0.39, 0.29) is 11.8 Å². The summed E-state index contributed by atoms with van der Waals surface area (Å²) in [5.74, 6) is 1.55. The van der Waals surface area contributed by atoms with Crippen molar-refractivity contribution in [1.29, 1.82) is 0 Å². The van der Waals surface area contributed by atoms with Gasteiger partial charge in [0.2, 0.25) is 0 Å². The highest BCUT2D eigenvalue weighted by Crippen LogP contribution is 2.27. The third-order valence-corrected chi connectivity index (χ3v) is 5.69. The van der Waals surface area contributed by atoms with Crippen LogP contribution in [-0.4, -0.2) is 23.2 Å². The number of hydrogen-bond acceptors (Lipinski definition) is 4. The summed E-state index contributed by atoms with van der Waals surface area (Å²) in [5, 5.41) is 2.92. The molecule has 1 heterocycles. The Morgan fingerprint density at radius 3 is 2.76 bits per heavy atom. The van der Waals surface area contributed by atoms with Crippen LogP contribution in [-0.2, 0) is 11.2 Å². The van der Waals surface area contributed by atoms with Crippen molar-refractivity contribution in [3.8, 4) is 0 Å². The van der Waals surface area contributed by atoms with Gasteiger partial charge in [0.15, 0.2) is 11.6 Å². The smallest absolute Gasteiger partial charge is 0.273 e. The molecule has 2 aliphatic carbocycles. The lowest BCUT2D eigenvalue weighted by Crippen LogP contribution is -2.25. The Morgan fingerprint density at radius 1 is 1.16 bits per heavy atom. The second-order valence-electron chi connectivity index (χ2n) is 7.64. The predicted octanol–water partition coefficient (Wildman–Crippen LogP) is 4.07. The van der Waals surface area contributed by atoms with E-state index in [0.29, 0.717) is 36.8 Å². The van der Waals surface area contributed by atoms with Gasteiger partial charge in [-0.15, -0.1) is 0 Å².